The number of nitrogens with two attached hydrogens (primary N) is 1. The van der Waals surface area contributed by atoms with E-state index in [4.69, 9.17) is 10.5 Å². The first-order valence-corrected chi connectivity index (χ1v) is 7.44. The van der Waals surface area contributed by atoms with Gasteiger partial charge in [-0.05, 0) is 38.3 Å². The fraction of sp³-hybridized carbons (Fsp3) is 0.625. The van der Waals surface area contributed by atoms with Crippen LogP contribution in [0.4, 0.5) is 10.1 Å². The summed E-state index contributed by atoms with van der Waals surface area (Å²) in [5.41, 5.74) is 7.75. The van der Waals surface area contributed by atoms with Gasteiger partial charge in [0.15, 0.2) is 0 Å². The zero-order valence-corrected chi connectivity index (χ0v) is 12.6. The predicted octanol–water partition coefficient (Wildman–Crippen LogP) is 2.72. The number of hydrogen-bond acceptors (Lipinski definition) is 3. The van der Waals surface area contributed by atoms with E-state index in [0.717, 1.165) is 25.1 Å². The highest BCUT2D eigenvalue weighted by Crippen LogP contribution is 2.28. The van der Waals surface area contributed by atoms with E-state index < -0.39 is 0 Å². The second kappa shape index (κ2) is 6.55. The van der Waals surface area contributed by atoms with Gasteiger partial charge in [0.2, 0.25) is 0 Å². The number of nitrogens with zero attached hydrogens (tertiary/aromatic N) is 1. The number of halogens is 1. The van der Waals surface area contributed by atoms with Gasteiger partial charge in [-0.2, -0.15) is 0 Å². The van der Waals surface area contributed by atoms with Crippen LogP contribution < -0.4 is 10.6 Å². The summed E-state index contributed by atoms with van der Waals surface area (Å²) in [5.74, 6) is -0.160. The molecule has 0 aromatic heterocycles. The van der Waals surface area contributed by atoms with Crippen LogP contribution in [0.3, 0.4) is 0 Å². The Hall–Kier alpha value is -1.13. The second-order valence-corrected chi connectivity index (χ2v) is 5.78. The van der Waals surface area contributed by atoms with E-state index in [1.165, 1.54) is 6.07 Å². The predicted molar refractivity (Wildman–Crippen MR) is 80.6 cm³/mol. The number of anilines is 1. The summed E-state index contributed by atoms with van der Waals surface area (Å²) in [6.45, 7) is 7.56. The standard InChI is InChI=1S/C16H25FN2O/c1-4-14(18)8-13-6-5-7-15(17)16(13)19-9-11(2)20-12(3)10-19/h5-7,11-12,14H,4,8-10,18H2,1-3H3. The van der Waals surface area contributed by atoms with Crippen LogP contribution in [0, 0.1) is 5.82 Å². The first-order valence-electron chi connectivity index (χ1n) is 7.44. The molecule has 0 spiro atoms. The van der Waals surface area contributed by atoms with Gasteiger partial charge >= 0.3 is 0 Å². The molecular formula is C16H25FN2O. The second-order valence-electron chi connectivity index (χ2n) is 5.78. The monoisotopic (exact) mass is 280 g/mol. The van der Waals surface area contributed by atoms with E-state index in [0.29, 0.717) is 12.1 Å². The van der Waals surface area contributed by atoms with Gasteiger partial charge in [-0.25, -0.2) is 4.39 Å². The van der Waals surface area contributed by atoms with E-state index in [-0.39, 0.29) is 24.1 Å². The van der Waals surface area contributed by atoms with E-state index in [1.807, 2.05) is 19.9 Å². The molecule has 1 aromatic carbocycles. The molecule has 1 aliphatic heterocycles. The smallest absolute Gasteiger partial charge is 0.146 e. The molecule has 20 heavy (non-hydrogen) atoms. The van der Waals surface area contributed by atoms with Gasteiger partial charge in [0, 0.05) is 19.1 Å². The molecule has 1 saturated heterocycles. The molecule has 3 atom stereocenters. The molecule has 3 unspecified atom stereocenters. The summed E-state index contributed by atoms with van der Waals surface area (Å²) in [4.78, 5) is 2.10. The number of para-hydroxylation sites is 1. The van der Waals surface area contributed by atoms with Gasteiger partial charge < -0.3 is 15.4 Å². The van der Waals surface area contributed by atoms with Crippen LogP contribution in [0.5, 0.6) is 0 Å². The number of hydrogen-bond donors (Lipinski definition) is 1. The quantitative estimate of drug-likeness (QED) is 0.921. The average molecular weight is 280 g/mol. The fourth-order valence-electron chi connectivity index (χ4n) is 2.87. The largest absolute Gasteiger partial charge is 0.372 e. The van der Waals surface area contributed by atoms with Crippen LogP contribution in [0.1, 0.15) is 32.8 Å². The summed E-state index contributed by atoms with van der Waals surface area (Å²) < 4.78 is 20.1. The zero-order chi connectivity index (χ0) is 14.7. The van der Waals surface area contributed by atoms with Crippen molar-refractivity contribution in [2.24, 2.45) is 5.73 Å². The maximum Gasteiger partial charge on any atom is 0.146 e. The lowest BCUT2D eigenvalue weighted by atomic mass is 10.0. The Morgan fingerprint density at radius 1 is 1.35 bits per heavy atom. The van der Waals surface area contributed by atoms with Crippen molar-refractivity contribution in [2.75, 3.05) is 18.0 Å². The minimum absolute atomic E-state index is 0.0754. The molecule has 2 N–H and O–H groups in total. The third-order valence-electron chi connectivity index (χ3n) is 3.81. The van der Waals surface area contributed by atoms with Gasteiger partial charge in [-0.3, -0.25) is 0 Å². The van der Waals surface area contributed by atoms with Crippen LogP contribution in [0.15, 0.2) is 18.2 Å². The first kappa shape index (κ1) is 15.3. The topological polar surface area (TPSA) is 38.5 Å². The number of morpholine rings is 1. The molecule has 1 fully saturated rings. The molecule has 112 valence electrons. The van der Waals surface area contributed by atoms with Crippen LogP contribution in [0.2, 0.25) is 0 Å². The average Bonchev–Trinajstić information content (AvgIpc) is 2.37. The maximum absolute atomic E-state index is 14.3. The minimum Gasteiger partial charge on any atom is -0.372 e. The van der Waals surface area contributed by atoms with Crippen molar-refractivity contribution in [3.05, 3.63) is 29.6 Å². The van der Waals surface area contributed by atoms with Crippen molar-refractivity contribution in [1.82, 2.24) is 0 Å². The number of rotatable bonds is 4. The Morgan fingerprint density at radius 3 is 2.60 bits per heavy atom. The van der Waals surface area contributed by atoms with Crippen molar-refractivity contribution in [1.29, 1.82) is 0 Å². The molecule has 0 amide bonds. The SMILES string of the molecule is CCC(N)Cc1cccc(F)c1N1CC(C)OC(C)C1. The molecule has 4 heteroatoms. The van der Waals surface area contributed by atoms with E-state index in [1.54, 1.807) is 6.07 Å². The summed E-state index contributed by atoms with van der Waals surface area (Å²) in [7, 11) is 0. The van der Waals surface area contributed by atoms with E-state index in [2.05, 4.69) is 11.8 Å². The van der Waals surface area contributed by atoms with Gasteiger partial charge in [-0.15, -0.1) is 0 Å². The molecular weight excluding hydrogens is 255 g/mol. The lowest BCUT2D eigenvalue weighted by Gasteiger charge is -2.38. The summed E-state index contributed by atoms with van der Waals surface area (Å²) >= 11 is 0. The summed E-state index contributed by atoms with van der Waals surface area (Å²) in [6.07, 6.45) is 1.84. The van der Waals surface area contributed by atoms with Crippen LogP contribution >= 0.6 is 0 Å². The van der Waals surface area contributed by atoms with Gasteiger partial charge in [-0.1, -0.05) is 19.1 Å². The highest BCUT2D eigenvalue weighted by molar-refractivity contribution is 5.55. The Morgan fingerprint density at radius 2 is 2.00 bits per heavy atom. The molecule has 0 saturated carbocycles. The van der Waals surface area contributed by atoms with Gasteiger partial charge in [0.25, 0.3) is 0 Å². The molecule has 0 radical (unpaired) electrons. The van der Waals surface area contributed by atoms with Gasteiger partial charge in [0.05, 0.1) is 17.9 Å². The normalized spacial score (nSPS) is 24.8. The van der Waals surface area contributed by atoms with Crippen LogP contribution in [0.25, 0.3) is 0 Å². The highest BCUT2D eigenvalue weighted by Gasteiger charge is 2.26. The Labute approximate surface area is 120 Å². The van der Waals surface area contributed by atoms with Crippen molar-refractivity contribution < 1.29 is 9.13 Å². The zero-order valence-electron chi connectivity index (χ0n) is 12.6. The molecule has 1 aliphatic rings. The lowest BCUT2D eigenvalue weighted by molar-refractivity contribution is -0.00544. The molecule has 0 bridgehead atoms. The molecule has 1 heterocycles. The van der Waals surface area contributed by atoms with Crippen molar-refractivity contribution >= 4 is 5.69 Å². The van der Waals surface area contributed by atoms with Crippen LogP contribution in [-0.4, -0.2) is 31.3 Å². The molecule has 1 aromatic rings. The van der Waals surface area contributed by atoms with E-state index >= 15 is 0 Å². The van der Waals surface area contributed by atoms with E-state index in [9.17, 15) is 4.39 Å². The number of ether oxygens (including phenoxy) is 1. The minimum atomic E-state index is -0.160. The highest BCUT2D eigenvalue weighted by atomic mass is 19.1. The third-order valence-corrected chi connectivity index (χ3v) is 3.81. The fourth-order valence-corrected chi connectivity index (χ4v) is 2.87. The molecule has 0 aliphatic carbocycles. The van der Waals surface area contributed by atoms with Gasteiger partial charge in [0.1, 0.15) is 5.82 Å². The number of benzene rings is 1. The van der Waals surface area contributed by atoms with Crippen molar-refractivity contribution in [3.8, 4) is 0 Å². The maximum atomic E-state index is 14.3. The Bertz CT molecular complexity index is 442. The molecule has 3 nitrogen and oxygen atoms in total. The summed E-state index contributed by atoms with van der Waals surface area (Å²) in [6, 6.07) is 5.36. The lowest BCUT2D eigenvalue weighted by Crippen LogP contribution is -2.46. The van der Waals surface area contributed by atoms with Crippen molar-refractivity contribution in [2.45, 2.75) is 51.9 Å². The van der Waals surface area contributed by atoms with Crippen LogP contribution in [-0.2, 0) is 11.2 Å². The first-order chi connectivity index (χ1) is 9.51. The molecule has 2 rings (SSSR count). The third kappa shape index (κ3) is 3.49. The van der Waals surface area contributed by atoms with Crippen molar-refractivity contribution in [3.63, 3.8) is 0 Å². The Balaban J connectivity index is 2.29. The Kier molecular flexibility index (Phi) is 5.00. The summed E-state index contributed by atoms with van der Waals surface area (Å²) in [5, 5.41) is 0.